The minimum Gasteiger partial charge on any atom is -0.293 e. The lowest BCUT2D eigenvalue weighted by Crippen LogP contribution is -2.41. The zero-order chi connectivity index (χ0) is 22.7. The van der Waals surface area contributed by atoms with E-state index in [4.69, 9.17) is 0 Å². The fourth-order valence-corrected chi connectivity index (χ4v) is 4.24. The Kier molecular flexibility index (Phi) is 7.50. The molecule has 1 aliphatic carbocycles. The molecule has 1 aromatic rings. The van der Waals surface area contributed by atoms with Gasteiger partial charge < -0.3 is 0 Å². The third kappa shape index (κ3) is 4.61. The summed E-state index contributed by atoms with van der Waals surface area (Å²) in [5.74, 6) is 0. The van der Waals surface area contributed by atoms with E-state index in [9.17, 15) is 0 Å². The zero-order valence-electron chi connectivity index (χ0n) is 20.9. The maximum absolute atomic E-state index is 4.66. The van der Waals surface area contributed by atoms with Gasteiger partial charge in [0.1, 0.15) is 0 Å². The maximum atomic E-state index is 4.66. The van der Waals surface area contributed by atoms with Gasteiger partial charge in [-0.3, -0.25) is 4.99 Å². The number of rotatable bonds is 6. The van der Waals surface area contributed by atoms with Gasteiger partial charge in [0.15, 0.2) is 0 Å². The molecule has 0 heterocycles. The third-order valence-corrected chi connectivity index (χ3v) is 7.18. The molecular formula is C29H41N. The average Bonchev–Trinajstić information content (AvgIpc) is 2.69. The van der Waals surface area contributed by atoms with Gasteiger partial charge in [0.25, 0.3) is 0 Å². The second kappa shape index (κ2) is 9.33. The van der Waals surface area contributed by atoms with E-state index in [1.54, 1.807) is 0 Å². The lowest BCUT2D eigenvalue weighted by atomic mass is 9.56. The summed E-state index contributed by atoms with van der Waals surface area (Å²) in [7, 11) is 0. The van der Waals surface area contributed by atoms with Crippen molar-refractivity contribution in [2.75, 3.05) is 6.54 Å². The summed E-state index contributed by atoms with van der Waals surface area (Å²) < 4.78 is 0. The van der Waals surface area contributed by atoms with E-state index in [-0.39, 0.29) is 10.8 Å². The lowest BCUT2D eigenvalue weighted by molar-refractivity contribution is 0.230. The first-order valence-corrected chi connectivity index (χ1v) is 11.4. The SMILES string of the molecule is CCN=C/C(C1=CC(C)(C)C(C)(CC)c2cc(C)ccc21)=C(C)/C=C\C(C)=C(C)C. The first-order chi connectivity index (χ1) is 14.0. The van der Waals surface area contributed by atoms with Gasteiger partial charge in [-0.1, -0.05) is 80.8 Å². The van der Waals surface area contributed by atoms with Gasteiger partial charge >= 0.3 is 0 Å². The first kappa shape index (κ1) is 24.1. The minimum atomic E-state index is 0.0446. The molecule has 0 amide bonds. The molecule has 1 unspecified atom stereocenters. The quantitative estimate of drug-likeness (QED) is 0.334. The van der Waals surface area contributed by atoms with E-state index in [0.29, 0.717) is 0 Å². The predicted octanol–water partition coefficient (Wildman–Crippen LogP) is 8.41. The van der Waals surface area contributed by atoms with E-state index in [0.717, 1.165) is 13.0 Å². The second-order valence-electron chi connectivity index (χ2n) is 9.76. The summed E-state index contributed by atoms with van der Waals surface area (Å²) in [6, 6.07) is 6.96. The zero-order valence-corrected chi connectivity index (χ0v) is 20.9. The highest BCUT2D eigenvalue weighted by atomic mass is 14.7. The van der Waals surface area contributed by atoms with Gasteiger partial charge in [-0.05, 0) is 75.7 Å². The number of aliphatic imine (C=N–C) groups is 1. The monoisotopic (exact) mass is 403 g/mol. The van der Waals surface area contributed by atoms with E-state index in [1.807, 2.05) is 0 Å². The summed E-state index contributed by atoms with van der Waals surface area (Å²) in [5.41, 5.74) is 10.8. The molecule has 0 radical (unpaired) electrons. The molecule has 30 heavy (non-hydrogen) atoms. The minimum absolute atomic E-state index is 0.0446. The van der Waals surface area contributed by atoms with Crippen molar-refractivity contribution in [1.29, 1.82) is 0 Å². The van der Waals surface area contributed by atoms with Crippen molar-refractivity contribution in [1.82, 2.24) is 0 Å². The van der Waals surface area contributed by atoms with Crippen LogP contribution in [0.25, 0.3) is 5.57 Å². The molecule has 0 aliphatic heterocycles. The van der Waals surface area contributed by atoms with Crippen molar-refractivity contribution in [3.05, 3.63) is 75.4 Å². The molecule has 1 atom stereocenters. The molecule has 1 nitrogen and oxygen atoms in total. The van der Waals surface area contributed by atoms with Crippen molar-refractivity contribution in [2.45, 2.75) is 81.1 Å². The number of aryl methyl sites for hydroxylation is 1. The Hall–Kier alpha value is -2.15. The molecule has 1 aromatic carbocycles. The van der Waals surface area contributed by atoms with E-state index < -0.39 is 0 Å². The number of nitrogens with zero attached hydrogens (tertiary/aromatic N) is 1. The van der Waals surface area contributed by atoms with Crippen LogP contribution in [0.1, 0.15) is 85.4 Å². The summed E-state index contributed by atoms with van der Waals surface area (Å²) in [5, 5.41) is 0. The molecule has 0 bridgehead atoms. The summed E-state index contributed by atoms with van der Waals surface area (Å²) in [4.78, 5) is 4.66. The fraction of sp³-hybridized carbons (Fsp3) is 0.483. The van der Waals surface area contributed by atoms with Gasteiger partial charge in [-0.25, -0.2) is 0 Å². The van der Waals surface area contributed by atoms with E-state index >= 15 is 0 Å². The van der Waals surface area contributed by atoms with Crippen molar-refractivity contribution in [2.24, 2.45) is 10.4 Å². The Bertz CT molecular complexity index is 943. The van der Waals surface area contributed by atoms with Crippen LogP contribution in [0.15, 0.2) is 63.7 Å². The topological polar surface area (TPSA) is 12.4 Å². The highest BCUT2D eigenvalue weighted by Crippen LogP contribution is 2.53. The third-order valence-electron chi connectivity index (χ3n) is 7.18. The molecule has 162 valence electrons. The second-order valence-corrected chi connectivity index (χ2v) is 9.76. The van der Waals surface area contributed by atoms with Gasteiger partial charge in [0.2, 0.25) is 0 Å². The highest BCUT2D eigenvalue weighted by Gasteiger charge is 2.44. The number of hydrogen-bond donors (Lipinski definition) is 0. The molecule has 0 N–H and O–H groups in total. The Morgan fingerprint density at radius 3 is 2.17 bits per heavy atom. The van der Waals surface area contributed by atoms with E-state index in [2.05, 4.69) is 117 Å². The molecule has 0 saturated heterocycles. The average molecular weight is 404 g/mol. The normalized spacial score (nSPS) is 21.5. The smallest absolute Gasteiger partial charge is 0.0361 e. The summed E-state index contributed by atoms with van der Waals surface area (Å²) in [6.45, 7) is 23.3. The number of benzene rings is 1. The van der Waals surface area contributed by atoms with Gasteiger partial charge in [-0.2, -0.15) is 0 Å². The first-order valence-electron chi connectivity index (χ1n) is 11.4. The van der Waals surface area contributed by atoms with Crippen LogP contribution in [-0.2, 0) is 5.41 Å². The summed E-state index contributed by atoms with van der Waals surface area (Å²) in [6.07, 6.45) is 10.2. The number of hydrogen-bond acceptors (Lipinski definition) is 1. The lowest BCUT2D eigenvalue weighted by Gasteiger charge is -2.48. The Labute approximate surface area is 185 Å². The highest BCUT2D eigenvalue weighted by molar-refractivity contribution is 6.03. The molecule has 0 fully saturated rings. The van der Waals surface area contributed by atoms with Crippen LogP contribution in [0, 0.1) is 12.3 Å². The largest absolute Gasteiger partial charge is 0.293 e. The Balaban J connectivity index is 2.80. The summed E-state index contributed by atoms with van der Waals surface area (Å²) >= 11 is 0. The predicted molar refractivity (Wildman–Crippen MR) is 136 cm³/mol. The molecule has 1 aliphatic rings. The van der Waals surface area contributed by atoms with Gasteiger partial charge in [0, 0.05) is 23.7 Å². The van der Waals surface area contributed by atoms with Crippen LogP contribution in [0.2, 0.25) is 0 Å². The Morgan fingerprint density at radius 1 is 0.967 bits per heavy atom. The molecule has 0 saturated carbocycles. The van der Waals surface area contributed by atoms with Crippen LogP contribution < -0.4 is 0 Å². The van der Waals surface area contributed by atoms with Gasteiger partial charge in [-0.15, -0.1) is 0 Å². The number of fused-ring (bicyclic) bond motifs is 1. The van der Waals surface area contributed by atoms with E-state index in [1.165, 1.54) is 44.6 Å². The maximum Gasteiger partial charge on any atom is 0.0361 e. The van der Waals surface area contributed by atoms with Crippen molar-refractivity contribution < 1.29 is 0 Å². The molecule has 0 aromatic heterocycles. The Morgan fingerprint density at radius 2 is 1.60 bits per heavy atom. The molecule has 0 spiro atoms. The van der Waals surface area contributed by atoms with Crippen LogP contribution in [-0.4, -0.2) is 12.8 Å². The van der Waals surface area contributed by atoms with Crippen LogP contribution in [0.4, 0.5) is 0 Å². The van der Waals surface area contributed by atoms with Crippen molar-refractivity contribution in [3.8, 4) is 0 Å². The molecule has 1 heteroatoms. The van der Waals surface area contributed by atoms with Gasteiger partial charge in [0.05, 0.1) is 0 Å². The number of allylic oxidation sites excluding steroid dienone is 8. The molecular weight excluding hydrogens is 362 g/mol. The molecule has 2 rings (SSSR count). The fourth-order valence-electron chi connectivity index (χ4n) is 4.24. The van der Waals surface area contributed by atoms with Crippen LogP contribution in [0.3, 0.4) is 0 Å². The van der Waals surface area contributed by atoms with Crippen LogP contribution in [0.5, 0.6) is 0 Å². The van der Waals surface area contributed by atoms with Crippen molar-refractivity contribution >= 4 is 11.8 Å². The van der Waals surface area contributed by atoms with Crippen LogP contribution >= 0.6 is 0 Å². The standard InChI is InChI=1S/C29H41N/c1-11-29(10)27-17-21(5)13-16-24(27)25(18-28(29,8)9)26(19-30-12-2)23(7)15-14-22(6)20(3)4/h13-19H,11-12H2,1-10H3/b15-14-,26-23-,30-19?. The van der Waals surface area contributed by atoms with Crippen molar-refractivity contribution in [3.63, 3.8) is 0 Å².